The van der Waals surface area contributed by atoms with Crippen molar-refractivity contribution in [2.24, 2.45) is 0 Å². The van der Waals surface area contributed by atoms with E-state index in [9.17, 15) is 9.59 Å². The highest BCUT2D eigenvalue weighted by atomic mass is 16.2. The Morgan fingerprint density at radius 1 is 1.04 bits per heavy atom. The summed E-state index contributed by atoms with van der Waals surface area (Å²) >= 11 is 0. The third-order valence-electron chi connectivity index (χ3n) is 3.23. The Kier molecular flexibility index (Phi) is 5.48. The average Bonchev–Trinajstić information content (AvgIpc) is 2.60. The van der Waals surface area contributed by atoms with Crippen molar-refractivity contribution in [2.75, 3.05) is 11.9 Å². The fraction of sp³-hybridized carbons (Fsp3) is 0.167. The van der Waals surface area contributed by atoms with E-state index >= 15 is 0 Å². The summed E-state index contributed by atoms with van der Waals surface area (Å²) in [6, 6.07) is 15.2. The van der Waals surface area contributed by atoms with Crippen molar-refractivity contribution >= 4 is 17.5 Å². The van der Waals surface area contributed by atoms with Crippen LogP contribution in [-0.2, 0) is 0 Å². The molecule has 0 heterocycles. The van der Waals surface area contributed by atoms with Gasteiger partial charge in [0.1, 0.15) is 0 Å². The Labute approximate surface area is 134 Å². The summed E-state index contributed by atoms with van der Waals surface area (Å²) in [7, 11) is 0. The molecule has 2 aromatic rings. The van der Waals surface area contributed by atoms with Crippen molar-refractivity contribution in [1.29, 1.82) is 5.26 Å². The zero-order valence-electron chi connectivity index (χ0n) is 12.8. The third-order valence-corrected chi connectivity index (χ3v) is 3.23. The third kappa shape index (κ3) is 4.17. The highest BCUT2D eigenvalue weighted by Crippen LogP contribution is 2.16. The summed E-state index contributed by atoms with van der Waals surface area (Å²) in [4.78, 5) is 24.4. The summed E-state index contributed by atoms with van der Waals surface area (Å²) in [6.45, 7) is 2.55. The van der Waals surface area contributed by atoms with E-state index in [0.717, 1.165) is 6.42 Å². The number of amides is 2. The molecule has 0 bridgehead atoms. The number of rotatable bonds is 5. The van der Waals surface area contributed by atoms with Gasteiger partial charge in [0.2, 0.25) is 0 Å². The number of anilines is 1. The molecule has 0 saturated heterocycles. The van der Waals surface area contributed by atoms with Crippen molar-refractivity contribution in [3.63, 3.8) is 0 Å². The average molecular weight is 307 g/mol. The summed E-state index contributed by atoms with van der Waals surface area (Å²) in [5.41, 5.74) is 1.78. The molecule has 23 heavy (non-hydrogen) atoms. The van der Waals surface area contributed by atoms with Gasteiger partial charge in [-0.15, -0.1) is 0 Å². The number of carbonyl (C=O) groups is 2. The highest BCUT2D eigenvalue weighted by molar-refractivity contribution is 6.09. The number of nitrogens with zero attached hydrogens (tertiary/aromatic N) is 1. The molecular formula is C18H17N3O2. The van der Waals surface area contributed by atoms with E-state index in [4.69, 9.17) is 5.26 Å². The standard InChI is InChI=1S/C18H17N3O2/c1-2-11-20-18(23)15-5-3-4-6-16(15)21-17(22)14-9-7-13(12-19)8-10-14/h3-10H,2,11H2,1H3,(H,20,23)(H,21,22). The maximum absolute atomic E-state index is 12.3. The number of para-hydroxylation sites is 1. The first-order valence-corrected chi connectivity index (χ1v) is 7.34. The number of hydrogen-bond acceptors (Lipinski definition) is 3. The van der Waals surface area contributed by atoms with Crippen LogP contribution in [0.5, 0.6) is 0 Å². The molecule has 5 nitrogen and oxygen atoms in total. The predicted molar refractivity (Wildman–Crippen MR) is 88.2 cm³/mol. The second-order valence-electron chi connectivity index (χ2n) is 4.94. The zero-order chi connectivity index (χ0) is 16.7. The SMILES string of the molecule is CCCNC(=O)c1ccccc1NC(=O)c1ccc(C#N)cc1. The van der Waals surface area contributed by atoms with Crippen LogP contribution in [0.3, 0.4) is 0 Å². The molecule has 0 spiro atoms. The van der Waals surface area contributed by atoms with E-state index in [1.807, 2.05) is 13.0 Å². The van der Waals surface area contributed by atoms with Gasteiger partial charge in [-0.2, -0.15) is 5.26 Å². The molecule has 5 heteroatoms. The van der Waals surface area contributed by atoms with Crippen LogP contribution >= 0.6 is 0 Å². The molecule has 0 fully saturated rings. The van der Waals surface area contributed by atoms with E-state index < -0.39 is 0 Å². The molecule has 0 atom stereocenters. The Bertz CT molecular complexity index is 746. The lowest BCUT2D eigenvalue weighted by Crippen LogP contribution is -2.25. The minimum absolute atomic E-state index is 0.220. The molecule has 0 saturated carbocycles. The zero-order valence-corrected chi connectivity index (χ0v) is 12.8. The van der Waals surface area contributed by atoms with Crippen LogP contribution in [0.25, 0.3) is 0 Å². The molecular weight excluding hydrogens is 290 g/mol. The fourth-order valence-corrected chi connectivity index (χ4v) is 2.01. The number of carbonyl (C=O) groups excluding carboxylic acids is 2. The lowest BCUT2D eigenvalue weighted by atomic mass is 10.1. The summed E-state index contributed by atoms with van der Waals surface area (Å²) in [5, 5.41) is 14.3. The van der Waals surface area contributed by atoms with Gasteiger partial charge in [-0.1, -0.05) is 19.1 Å². The summed E-state index contributed by atoms with van der Waals surface area (Å²) in [5.74, 6) is -0.548. The quantitative estimate of drug-likeness (QED) is 0.891. The number of benzene rings is 2. The van der Waals surface area contributed by atoms with E-state index in [0.29, 0.717) is 28.9 Å². The lowest BCUT2D eigenvalue weighted by molar-refractivity contribution is 0.0954. The largest absolute Gasteiger partial charge is 0.352 e. The first-order valence-electron chi connectivity index (χ1n) is 7.34. The van der Waals surface area contributed by atoms with Gasteiger partial charge < -0.3 is 10.6 Å². The Hall–Kier alpha value is -3.13. The normalized spacial score (nSPS) is 9.74. The monoisotopic (exact) mass is 307 g/mol. The molecule has 2 aromatic carbocycles. The van der Waals surface area contributed by atoms with Gasteiger partial charge in [0.05, 0.1) is 22.9 Å². The second-order valence-corrected chi connectivity index (χ2v) is 4.94. The van der Waals surface area contributed by atoms with Gasteiger partial charge in [-0.05, 0) is 42.8 Å². The topological polar surface area (TPSA) is 82.0 Å². The molecule has 0 radical (unpaired) electrons. The van der Waals surface area contributed by atoms with E-state index in [-0.39, 0.29) is 11.8 Å². The predicted octanol–water partition coefficient (Wildman–Crippen LogP) is 2.95. The van der Waals surface area contributed by atoms with E-state index in [1.165, 1.54) is 0 Å². The molecule has 2 N–H and O–H groups in total. The van der Waals surface area contributed by atoms with Crippen LogP contribution in [0.15, 0.2) is 48.5 Å². The molecule has 116 valence electrons. The Morgan fingerprint density at radius 3 is 2.39 bits per heavy atom. The Morgan fingerprint density at radius 2 is 1.74 bits per heavy atom. The first kappa shape index (κ1) is 16.2. The van der Waals surface area contributed by atoms with Crippen LogP contribution in [0, 0.1) is 11.3 Å². The van der Waals surface area contributed by atoms with Crippen LogP contribution in [0.1, 0.15) is 39.6 Å². The fourth-order valence-electron chi connectivity index (χ4n) is 2.01. The molecule has 0 aliphatic rings. The number of nitriles is 1. The van der Waals surface area contributed by atoms with Gasteiger partial charge in [-0.25, -0.2) is 0 Å². The van der Waals surface area contributed by atoms with Crippen molar-refractivity contribution in [1.82, 2.24) is 5.32 Å². The van der Waals surface area contributed by atoms with Crippen molar-refractivity contribution in [3.8, 4) is 6.07 Å². The molecule has 0 aromatic heterocycles. The van der Waals surface area contributed by atoms with Gasteiger partial charge in [0.25, 0.3) is 11.8 Å². The van der Waals surface area contributed by atoms with Crippen LogP contribution in [0.4, 0.5) is 5.69 Å². The summed E-state index contributed by atoms with van der Waals surface area (Å²) < 4.78 is 0. The molecule has 0 aliphatic heterocycles. The number of hydrogen-bond donors (Lipinski definition) is 2. The molecule has 2 rings (SSSR count). The smallest absolute Gasteiger partial charge is 0.255 e. The van der Waals surface area contributed by atoms with Crippen molar-refractivity contribution < 1.29 is 9.59 Å². The van der Waals surface area contributed by atoms with Gasteiger partial charge in [0.15, 0.2) is 0 Å². The van der Waals surface area contributed by atoms with Crippen LogP contribution < -0.4 is 10.6 Å². The number of nitrogens with one attached hydrogen (secondary N) is 2. The van der Waals surface area contributed by atoms with Crippen molar-refractivity contribution in [2.45, 2.75) is 13.3 Å². The van der Waals surface area contributed by atoms with Crippen LogP contribution in [0.2, 0.25) is 0 Å². The second kappa shape index (κ2) is 7.76. The highest BCUT2D eigenvalue weighted by Gasteiger charge is 2.13. The van der Waals surface area contributed by atoms with Gasteiger partial charge in [0, 0.05) is 12.1 Å². The lowest BCUT2D eigenvalue weighted by Gasteiger charge is -2.11. The maximum Gasteiger partial charge on any atom is 0.255 e. The Balaban J connectivity index is 2.17. The van der Waals surface area contributed by atoms with Gasteiger partial charge >= 0.3 is 0 Å². The minimum atomic E-state index is -0.328. The molecule has 0 unspecified atom stereocenters. The van der Waals surface area contributed by atoms with E-state index in [1.54, 1.807) is 48.5 Å². The molecule has 2 amide bonds. The van der Waals surface area contributed by atoms with Crippen LogP contribution in [-0.4, -0.2) is 18.4 Å². The molecule has 0 aliphatic carbocycles. The van der Waals surface area contributed by atoms with Gasteiger partial charge in [-0.3, -0.25) is 9.59 Å². The first-order chi connectivity index (χ1) is 11.2. The summed E-state index contributed by atoms with van der Waals surface area (Å²) in [6.07, 6.45) is 0.839. The minimum Gasteiger partial charge on any atom is -0.352 e. The van der Waals surface area contributed by atoms with E-state index in [2.05, 4.69) is 10.6 Å². The van der Waals surface area contributed by atoms with Crippen molar-refractivity contribution in [3.05, 3.63) is 65.2 Å². The maximum atomic E-state index is 12.3.